The van der Waals surface area contributed by atoms with Crippen molar-refractivity contribution in [1.82, 2.24) is 15.8 Å². The van der Waals surface area contributed by atoms with E-state index in [2.05, 4.69) is 15.8 Å². The molecular weight excluding hydrogens is 389 g/mol. The molecule has 0 spiro atoms. The first-order valence-corrected chi connectivity index (χ1v) is 9.31. The number of aryl methyl sites for hydroxylation is 1. The van der Waals surface area contributed by atoms with Gasteiger partial charge < -0.3 is 19.9 Å². The van der Waals surface area contributed by atoms with Crippen molar-refractivity contribution in [3.8, 4) is 5.75 Å². The van der Waals surface area contributed by atoms with E-state index in [1.54, 1.807) is 13.0 Å². The lowest BCUT2D eigenvalue weighted by Gasteiger charge is -2.47. The number of aromatic nitrogens is 1. The van der Waals surface area contributed by atoms with Crippen LogP contribution in [0.15, 0.2) is 28.8 Å². The fraction of sp³-hybridized carbons (Fsp3) is 0.421. The Kier molecular flexibility index (Phi) is 4.53. The third-order valence-corrected chi connectivity index (χ3v) is 5.64. The summed E-state index contributed by atoms with van der Waals surface area (Å²) in [5.41, 5.74) is -0.0218. The summed E-state index contributed by atoms with van der Waals surface area (Å²) in [5, 5.41) is 9.71. The highest BCUT2D eigenvalue weighted by molar-refractivity contribution is 6.30. The Balaban J connectivity index is 1.28. The van der Waals surface area contributed by atoms with Crippen molar-refractivity contribution < 1.29 is 23.2 Å². The summed E-state index contributed by atoms with van der Waals surface area (Å²) in [6.45, 7) is 1.53. The predicted octanol–water partition coefficient (Wildman–Crippen LogP) is 2.77. The van der Waals surface area contributed by atoms with Gasteiger partial charge in [0.2, 0.25) is 5.76 Å². The molecule has 1 aromatic carbocycles. The number of benzene rings is 1. The van der Waals surface area contributed by atoms with Gasteiger partial charge in [-0.25, -0.2) is 4.39 Å². The van der Waals surface area contributed by atoms with E-state index < -0.39 is 5.82 Å². The fourth-order valence-electron chi connectivity index (χ4n) is 4.20. The fourth-order valence-corrected chi connectivity index (χ4v) is 4.32. The Morgan fingerprint density at radius 3 is 2.61 bits per heavy atom. The van der Waals surface area contributed by atoms with E-state index in [-0.39, 0.29) is 46.0 Å². The van der Waals surface area contributed by atoms with Crippen LogP contribution < -0.4 is 15.4 Å². The van der Waals surface area contributed by atoms with Crippen molar-refractivity contribution in [2.75, 3.05) is 6.61 Å². The molecule has 0 radical (unpaired) electrons. The topological polar surface area (TPSA) is 93.5 Å². The molecule has 0 atom stereocenters. The van der Waals surface area contributed by atoms with Crippen LogP contribution in [-0.2, 0) is 4.79 Å². The highest BCUT2D eigenvalue weighted by Crippen LogP contribution is 2.55. The molecule has 0 unspecified atom stereocenters. The molecule has 7 nitrogen and oxygen atoms in total. The van der Waals surface area contributed by atoms with Gasteiger partial charge in [-0.05, 0) is 44.7 Å². The van der Waals surface area contributed by atoms with Gasteiger partial charge in [-0.15, -0.1) is 0 Å². The van der Waals surface area contributed by atoms with E-state index >= 15 is 0 Å². The lowest BCUT2D eigenvalue weighted by atomic mass is 9.71. The summed E-state index contributed by atoms with van der Waals surface area (Å²) in [6, 6.07) is 5.60. The Morgan fingerprint density at radius 1 is 1.25 bits per heavy atom. The molecule has 3 fully saturated rings. The third kappa shape index (κ3) is 3.56. The maximum Gasteiger partial charge on any atom is 0.290 e. The van der Waals surface area contributed by atoms with E-state index in [9.17, 15) is 14.0 Å². The second-order valence-electron chi connectivity index (χ2n) is 7.61. The number of nitrogens with zero attached hydrogens (tertiary/aromatic N) is 1. The van der Waals surface area contributed by atoms with E-state index in [1.165, 1.54) is 12.1 Å². The summed E-state index contributed by atoms with van der Waals surface area (Å²) in [5.74, 6) is -0.767. The molecule has 148 valence electrons. The van der Waals surface area contributed by atoms with Gasteiger partial charge in [-0.1, -0.05) is 16.8 Å². The number of carbonyl (C=O) groups is 2. The third-order valence-electron chi connectivity index (χ3n) is 5.33. The number of hydrogen-bond donors (Lipinski definition) is 2. The number of nitrogens with one attached hydrogen (secondary N) is 2. The molecular formula is C19H19ClFN3O4. The van der Waals surface area contributed by atoms with Crippen LogP contribution in [0.4, 0.5) is 4.39 Å². The van der Waals surface area contributed by atoms with Gasteiger partial charge >= 0.3 is 0 Å². The average molecular weight is 408 g/mol. The second-order valence-corrected chi connectivity index (χ2v) is 8.02. The molecule has 2 N–H and O–H groups in total. The predicted molar refractivity (Wildman–Crippen MR) is 97.7 cm³/mol. The Morgan fingerprint density at radius 2 is 1.96 bits per heavy atom. The maximum absolute atomic E-state index is 13.4. The summed E-state index contributed by atoms with van der Waals surface area (Å²) in [6.07, 6.45) is 2.85. The normalized spacial score (nSPS) is 25.1. The first kappa shape index (κ1) is 18.7. The van der Waals surface area contributed by atoms with Gasteiger partial charge in [0.15, 0.2) is 6.61 Å². The van der Waals surface area contributed by atoms with Crippen LogP contribution >= 0.6 is 11.6 Å². The van der Waals surface area contributed by atoms with Gasteiger partial charge in [0.1, 0.15) is 11.6 Å². The molecule has 2 aromatic rings. The summed E-state index contributed by atoms with van der Waals surface area (Å²) < 4.78 is 23.7. The number of rotatable bonds is 6. The first-order chi connectivity index (χ1) is 13.3. The van der Waals surface area contributed by atoms with Crippen LogP contribution in [0, 0.1) is 12.7 Å². The van der Waals surface area contributed by atoms with Gasteiger partial charge in [0.25, 0.3) is 11.8 Å². The van der Waals surface area contributed by atoms with E-state index in [0.717, 1.165) is 18.9 Å². The number of ether oxygens (including phenoxy) is 1. The molecule has 28 heavy (non-hydrogen) atoms. The van der Waals surface area contributed by atoms with Crippen LogP contribution in [0.3, 0.4) is 0 Å². The molecule has 9 heteroatoms. The molecule has 1 aromatic heterocycles. The van der Waals surface area contributed by atoms with Crippen molar-refractivity contribution in [2.45, 2.75) is 43.7 Å². The molecule has 5 rings (SSSR count). The largest absolute Gasteiger partial charge is 0.484 e. The number of amides is 2. The van der Waals surface area contributed by atoms with Gasteiger partial charge in [-0.2, -0.15) is 0 Å². The second kappa shape index (κ2) is 6.77. The lowest BCUT2D eigenvalue weighted by molar-refractivity contribution is -0.126. The van der Waals surface area contributed by atoms with Crippen LogP contribution in [0.1, 0.15) is 41.9 Å². The van der Waals surface area contributed by atoms with E-state index in [1.807, 2.05) is 0 Å². The van der Waals surface area contributed by atoms with Gasteiger partial charge in [-0.3, -0.25) is 9.59 Å². The Bertz CT molecular complexity index is 939. The van der Waals surface area contributed by atoms with Crippen molar-refractivity contribution >= 4 is 23.4 Å². The maximum atomic E-state index is 13.4. The zero-order valence-corrected chi connectivity index (χ0v) is 15.9. The van der Waals surface area contributed by atoms with Crippen molar-refractivity contribution in [3.05, 3.63) is 46.6 Å². The van der Waals surface area contributed by atoms with Crippen molar-refractivity contribution in [2.24, 2.45) is 0 Å². The summed E-state index contributed by atoms with van der Waals surface area (Å²) >= 11 is 5.62. The number of carbonyl (C=O) groups excluding carboxylic acids is 2. The van der Waals surface area contributed by atoms with Crippen LogP contribution in [0.2, 0.25) is 5.02 Å². The SMILES string of the molecule is Cc1cc(C(=O)NC23CCC(NC(=O)COc4ccc(Cl)c(F)c4)(C2)C3)on1. The van der Waals surface area contributed by atoms with Gasteiger partial charge in [0, 0.05) is 23.2 Å². The minimum Gasteiger partial charge on any atom is -0.484 e. The van der Waals surface area contributed by atoms with Crippen LogP contribution in [0.5, 0.6) is 5.75 Å². The highest BCUT2D eigenvalue weighted by atomic mass is 35.5. The lowest BCUT2D eigenvalue weighted by Crippen LogP contribution is -2.64. The Labute approximate surface area is 165 Å². The molecule has 1 heterocycles. The van der Waals surface area contributed by atoms with Gasteiger partial charge in [0.05, 0.1) is 10.7 Å². The monoisotopic (exact) mass is 407 g/mol. The molecule has 3 aliphatic carbocycles. The standard InChI is InChI=1S/C19H19ClFN3O4/c1-11-6-15(28-24-11)17(26)23-19-5-4-18(9-19,10-19)22-16(25)8-27-12-2-3-13(20)14(21)7-12/h2-3,6-7H,4-5,8-10H2,1H3,(H,22,25)(H,23,26). The minimum atomic E-state index is -0.601. The smallest absolute Gasteiger partial charge is 0.290 e. The molecule has 2 amide bonds. The van der Waals surface area contributed by atoms with Crippen LogP contribution in [0.25, 0.3) is 0 Å². The Hall–Kier alpha value is -2.61. The molecule has 0 aliphatic heterocycles. The quantitative estimate of drug-likeness (QED) is 0.768. The highest BCUT2D eigenvalue weighted by Gasteiger charge is 2.62. The summed E-state index contributed by atoms with van der Waals surface area (Å²) in [4.78, 5) is 24.5. The number of fused-ring (bicyclic) bond motifs is 1. The molecule has 0 saturated heterocycles. The summed E-state index contributed by atoms with van der Waals surface area (Å²) in [7, 11) is 0. The average Bonchev–Trinajstić information content (AvgIpc) is 3.29. The molecule has 2 bridgehead atoms. The van der Waals surface area contributed by atoms with E-state index in [4.69, 9.17) is 20.9 Å². The zero-order valence-electron chi connectivity index (χ0n) is 15.2. The zero-order chi connectivity index (χ0) is 19.9. The first-order valence-electron chi connectivity index (χ1n) is 8.93. The van der Waals surface area contributed by atoms with Crippen molar-refractivity contribution in [3.63, 3.8) is 0 Å². The number of halogens is 2. The van der Waals surface area contributed by atoms with Crippen molar-refractivity contribution in [1.29, 1.82) is 0 Å². The van der Waals surface area contributed by atoms with E-state index in [0.29, 0.717) is 18.5 Å². The minimum absolute atomic E-state index is 0.00464. The molecule has 3 saturated carbocycles. The number of hydrogen-bond acceptors (Lipinski definition) is 5. The molecule has 3 aliphatic rings. The van der Waals surface area contributed by atoms with Crippen LogP contribution in [-0.4, -0.2) is 34.7 Å².